The van der Waals surface area contributed by atoms with Crippen LogP contribution in [0, 0.1) is 17.0 Å². The Morgan fingerprint density at radius 2 is 1.91 bits per heavy atom. The van der Waals surface area contributed by atoms with E-state index in [0.29, 0.717) is 11.6 Å². The molecule has 3 rings (SSSR count). The summed E-state index contributed by atoms with van der Waals surface area (Å²) in [6.07, 6.45) is 3.18. The van der Waals surface area contributed by atoms with Crippen LogP contribution >= 0.6 is 0 Å². The third-order valence-corrected chi connectivity index (χ3v) is 3.65. The second-order valence-electron chi connectivity index (χ2n) is 5.57. The van der Waals surface area contributed by atoms with Crippen molar-refractivity contribution in [3.63, 3.8) is 0 Å². The minimum Gasteiger partial charge on any atom is -0.456 e. The van der Waals surface area contributed by atoms with E-state index in [1.54, 1.807) is 12.1 Å². The number of hydrogen-bond donors (Lipinski definition) is 1. The number of carbonyl (C=O) groups excluding carboxylic acids is 1. The number of nitrogens with zero attached hydrogens (tertiary/aromatic N) is 1. The van der Waals surface area contributed by atoms with Crippen molar-refractivity contribution in [3.05, 3.63) is 48.2 Å². The smallest absolute Gasteiger partial charge is 0.231 e. The van der Waals surface area contributed by atoms with E-state index in [0.717, 1.165) is 25.0 Å². The first-order chi connectivity index (χ1) is 10.5. The van der Waals surface area contributed by atoms with Gasteiger partial charge >= 0.3 is 0 Å². The molecule has 1 fully saturated rings. The fraction of sp³-hybridized carbons (Fsp3) is 0.250. The highest BCUT2D eigenvalue weighted by atomic mass is 19.2. The maximum absolute atomic E-state index is 13.1. The van der Waals surface area contributed by atoms with Gasteiger partial charge in [-0.15, -0.1) is 0 Å². The fourth-order valence-corrected chi connectivity index (χ4v) is 1.87. The molecule has 4 nitrogen and oxygen atoms in total. The summed E-state index contributed by atoms with van der Waals surface area (Å²) in [7, 11) is 0. The van der Waals surface area contributed by atoms with E-state index in [-0.39, 0.29) is 17.1 Å². The second-order valence-corrected chi connectivity index (χ2v) is 5.57. The number of carbonyl (C=O) groups is 1. The van der Waals surface area contributed by atoms with E-state index in [1.807, 2.05) is 6.92 Å². The van der Waals surface area contributed by atoms with E-state index < -0.39 is 11.6 Å². The molecule has 0 radical (unpaired) electrons. The van der Waals surface area contributed by atoms with Crippen molar-refractivity contribution in [1.82, 2.24) is 4.98 Å². The van der Waals surface area contributed by atoms with Crippen molar-refractivity contribution in [2.45, 2.75) is 19.8 Å². The van der Waals surface area contributed by atoms with Crippen LogP contribution in [-0.2, 0) is 4.79 Å². The molecule has 0 atom stereocenters. The van der Waals surface area contributed by atoms with Gasteiger partial charge in [0.25, 0.3) is 0 Å². The van der Waals surface area contributed by atoms with Crippen molar-refractivity contribution in [3.8, 4) is 11.5 Å². The van der Waals surface area contributed by atoms with Crippen LogP contribution in [0.3, 0.4) is 0 Å². The Bertz CT molecular complexity index is 713. The minimum absolute atomic E-state index is 0.0470. The summed E-state index contributed by atoms with van der Waals surface area (Å²) in [5.74, 6) is -1.00. The number of aromatic nitrogens is 1. The van der Waals surface area contributed by atoms with Gasteiger partial charge in [0.1, 0.15) is 17.3 Å². The first kappa shape index (κ1) is 14.4. The second kappa shape index (κ2) is 5.36. The number of hydrogen-bond acceptors (Lipinski definition) is 3. The van der Waals surface area contributed by atoms with Gasteiger partial charge in [0.2, 0.25) is 5.91 Å². The summed E-state index contributed by atoms with van der Waals surface area (Å²) in [4.78, 5) is 16.0. The molecular weight excluding hydrogens is 290 g/mol. The molecule has 1 saturated carbocycles. The molecule has 0 aliphatic heterocycles. The molecule has 0 bridgehead atoms. The normalized spacial score (nSPS) is 15.2. The number of ether oxygens (including phenoxy) is 1. The number of halogens is 2. The molecular formula is C16H14F2N2O2. The van der Waals surface area contributed by atoms with Crippen LogP contribution in [0.2, 0.25) is 0 Å². The molecule has 0 saturated heterocycles. The van der Waals surface area contributed by atoms with E-state index in [9.17, 15) is 13.6 Å². The highest BCUT2D eigenvalue weighted by molar-refractivity contribution is 5.96. The standard InChI is InChI=1S/C16H14F2N2O2/c1-16(6-7-16)15(21)20-14-5-3-11(9-19-14)22-10-2-4-12(17)13(18)8-10/h2-5,8-9H,6-7H2,1H3,(H,19,20,21). The molecule has 1 aliphatic rings. The highest BCUT2D eigenvalue weighted by Gasteiger charge is 2.44. The van der Waals surface area contributed by atoms with Gasteiger partial charge in [0.05, 0.1) is 6.20 Å². The van der Waals surface area contributed by atoms with Gasteiger partial charge in [0.15, 0.2) is 11.6 Å². The number of nitrogens with one attached hydrogen (secondary N) is 1. The summed E-state index contributed by atoms with van der Waals surface area (Å²) in [5.41, 5.74) is -0.275. The summed E-state index contributed by atoms with van der Waals surface area (Å²) < 4.78 is 31.3. The molecule has 1 heterocycles. The van der Waals surface area contributed by atoms with E-state index in [4.69, 9.17) is 4.74 Å². The SMILES string of the molecule is CC1(C(=O)Nc2ccc(Oc3ccc(F)c(F)c3)cn2)CC1. The molecule has 1 aromatic carbocycles. The molecule has 1 amide bonds. The Kier molecular flexibility index (Phi) is 3.52. The lowest BCUT2D eigenvalue weighted by atomic mass is 10.1. The molecule has 114 valence electrons. The van der Waals surface area contributed by atoms with Crippen LogP contribution in [0.15, 0.2) is 36.5 Å². The van der Waals surface area contributed by atoms with Crippen molar-refractivity contribution < 1.29 is 18.3 Å². The van der Waals surface area contributed by atoms with E-state index in [2.05, 4.69) is 10.3 Å². The van der Waals surface area contributed by atoms with Gasteiger partial charge in [-0.05, 0) is 37.1 Å². The van der Waals surface area contributed by atoms with Gasteiger partial charge in [-0.3, -0.25) is 4.79 Å². The predicted molar refractivity (Wildman–Crippen MR) is 76.6 cm³/mol. The van der Waals surface area contributed by atoms with Gasteiger partial charge in [0, 0.05) is 11.5 Å². The summed E-state index contributed by atoms with van der Waals surface area (Å²) in [6.45, 7) is 1.91. The van der Waals surface area contributed by atoms with E-state index >= 15 is 0 Å². The lowest BCUT2D eigenvalue weighted by Gasteiger charge is -2.10. The van der Waals surface area contributed by atoms with Crippen molar-refractivity contribution in [1.29, 1.82) is 0 Å². The van der Waals surface area contributed by atoms with Gasteiger partial charge < -0.3 is 10.1 Å². The van der Waals surface area contributed by atoms with Crippen LogP contribution < -0.4 is 10.1 Å². The average Bonchev–Trinajstić information content (AvgIpc) is 3.24. The first-order valence-corrected chi connectivity index (χ1v) is 6.87. The zero-order valence-electron chi connectivity index (χ0n) is 11.9. The lowest BCUT2D eigenvalue weighted by molar-refractivity contribution is -0.120. The zero-order valence-corrected chi connectivity index (χ0v) is 11.9. The predicted octanol–water partition coefficient (Wildman–Crippen LogP) is 3.89. The van der Waals surface area contributed by atoms with Crippen molar-refractivity contribution >= 4 is 11.7 Å². The topological polar surface area (TPSA) is 51.2 Å². The molecule has 0 unspecified atom stereocenters. The number of benzene rings is 1. The molecule has 22 heavy (non-hydrogen) atoms. The number of rotatable bonds is 4. The molecule has 1 N–H and O–H groups in total. The molecule has 1 aliphatic carbocycles. The maximum atomic E-state index is 13.1. The summed E-state index contributed by atoms with van der Waals surface area (Å²) in [5, 5.41) is 2.74. The van der Waals surface area contributed by atoms with E-state index in [1.165, 1.54) is 12.3 Å². The molecule has 0 spiro atoms. The fourth-order valence-electron chi connectivity index (χ4n) is 1.87. The first-order valence-electron chi connectivity index (χ1n) is 6.87. The number of pyridine rings is 1. The van der Waals surface area contributed by atoms with Crippen molar-refractivity contribution in [2.75, 3.05) is 5.32 Å². The third-order valence-electron chi connectivity index (χ3n) is 3.65. The number of amides is 1. The molecule has 1 aromatic heterocycles. The number of anilines is 1. The summed E-state index contributed by atoms with van der Waals surface area (Å²) >= 11 is 0. The molecule has 2 aromatic rings. The monoisotopic (exact) mass is 304 g/mol. The van der Waals surface area contributed by atoms with Crippen LogP contribution in [-0.4, -0.2) is 10.9 Å². The van der Waals surface area contributed by atoms with Crippen LogP contribution in [0.5, 0.6) is 11.5 Å². The largest absolute Gasteiger partial charge is 0.456 e. The van der Waals surface area contributed by atoms with Crippen LogP contribution in [0.1, 0.15) is 19.8 Å². The average molecular weight is 304 g/mol. The Hall–Kier alpha value is -2.50. The Labute approximate surface area is 126 Å². The quantitative estimate of drug-likeness (QED) is 0.932. The Morgan fingerprint density at radius 1 is 1.18 bits per heavy atom. The zero-order chi connectivity index (χ0) is 15.7. The lowest BCUT2D eigenvalue weighted by Crippen LogP contribution is -2.21. The molecule has 6 heteroatoms. The van der Waals surface area contributed by atoms with Crippen LogP contribution in [0.4, 0.5) is 14.6 Å². The Morgan fingerprint density at radius 3 is 2.50 bits per heavy atom. The summed E-state index contributed by atoms with van der Waals surface area (Å²) in [6, 6.07) is 6.46. The maximum Gasteiger partial charge on any atom is 0.231 e. The highest BCUT2D eigenvalue weighted by Crippen LogP contribution is 2.45. The third kappa shape index (κ3) is 3.05. The van der Waals surface area contributed by atoms with Crippen molar-refractivity contribution in [2.24, 2.45) is 5.41 Å². The minimum atomic E-state index is -0.980. The van der Waals surface area contributed by atoms with Gasteiger partial charge in [-0.2, -0.15) is 0 Å². The van der Waals surface area contributed by atoms with Gasteiger partial charge in [-0.1, -0.05) is 6.92 Å². The Balaban J connectivity index is 1.66. The van der Waals surface area contributed by atoms with Crippen LogP contribution in [0.25, 0.3) is 0 Å². The van der Waals surface area contributed by atoms with Gasteiger partial charge in [-0.25, -0.2) is 13.8 Å².